The normalized spacial score (nSPS) is 13.3. The molecule has 0 bridgehead atoms. The van der Waals surface area contributed by atoms with E-state index in [1.807, 2.05) is 30.5 Å². The molecule has 1 aliphatic heterocycles. The van der Waals surface area contributed by atoms with Gasteiger partial charge in [0.05, 0.1) is 17.2 Å². The summed E-state index contributed by atoms with van der Waals surface area (Å²) in [6.07, 6.45) is 1.41. The zero-order chi connectivity index (χ0) is 21.8. The molecule has 1 aromatic heterocycles. The second-order valence-corrected chi connectivity index (χ2v) is 8.32. The molecule has 158 valence electrons. The van der Waals surface area contributed by atoms with Gasteiger partial charge in [-0.2, -0.15) is 0 Å². The summed E-state index contributed by atoms with van der Waals surface area (Å²) in [5.41, 5.74) is 3.65. The highest BCUT2D eigenvalue weighted by Crippen LogP contribution is 2.24. The molecule has 0 atom stereocenters. The van der Waals surface area contributed by atoms with Crippen LogP contribution in [0.25, 0.3) is 11.3 Å². The number of rotatable bonds is 6. The van der Waals surface area contributed by atoms with Crippen LogP contribution in [0.15, 0.2) is 53.9 Å². The number of aromatic nitrogens is 1. The average Bonchev–Trinajstić information content (AvgIpc) is 3.40. The maximum absolute atomic E-state index is 12.4. The standard InChI is InChI=1S/C23H22N4O3S/c1-15-25-20(14-31-15)17-4-2-5-18(12-17)26-21(28)13-24-23(30)16-7-9-19(10-8-16)27-11-3-6-22(27)29/h2,4-5,7-10,12,14H,3,6,11,13H2,1H3,(H,24,30)(H,26,28). The SMILES string of the molecule is Cc1nc(-c2cccc(NC(=O)CNC(=O)c3ccc(N4CCCC4=O)cc3)c2)cs1. The van der Waals surface area contributed by atoms with Gasteiger partial charge in [-0.05, 0) is 49.7 Å². The number of benzene rings is 2. The number of anilines is 2. The van der Waals surface area contributed by atoms with Crippen molar-refractivity contribution in [3.63, 3.8) is 0 Å². The number of carbonyl (C=O) groups is 3. The first-order valence-corrected chi connectivity index (χ1v) is 10.9. The van der Waals surface area contributed by atoms with Gasteiger partial charge in [-0.15, -0.1) is 11.3 Å². The largest absolute Gasteiger partial charge is 0.343 e. The van der Waals surface area contributed by atoms with E-state index in [9.17, 15) is 14.4 Å². The summed E-state index contributed by atoms with van der Waals surface area (Å²) in [4.78, 5) is 42.6. The van der Waals surface area contributed by atoms with Crippen LogP contribution in [0.3, 0.4) is 0 Å². The van der Waals surface area contributed by atoms with E-state index in [1.165, 1.54) is 0 Å². The molecular formula is C23H22N4O3S. The molecule has 0 saturated carbocycles. The monoisotopic (exact) mass is 434 g/mol. The number of carbonyl (C=O) groups excluding carboxylic acids is 3. The van der Waals surface area contributed by atoms with Gasteiger partial charge in [-0.25, -0.2) is 4.98 Å². The molecule has 8 heteroatoms. The fraction of sp³-hybridized carbons (Fsp3) is 0.217. The van der Waals surface area contributed by atoms with Crippen molar-refractivity contribution in [1.29, 1.82) is 0 Å². The number of hydrogen-bond acceptors (Lipinski definition) is 5. The van der Waals surface area contributed by atoms with Crippen molar-refractivity contribution in [2.45, 2.75) is 19.8 Å². The molecule has 7 nitrogen and oxygen atoms in total. The van der Waals surface area contributed by atoms with Gasteiger partial charge < -0.3 is 15.5 Å². The molecule has 1 saturated heterocycles. The Morgan fingerprint density at radius 1 is 1.16 bits per heavy atom. The maximum atomic E-state index is 12.4. The first kappa shape index (κ1) is 20.7. The van der Waals surface area contributed by atoms with Gasteiger partial charge >= 0.3 is 0 Å². The summed E-state index contributed by atoms with van der Waals surface area (Å²) in [6, 6.07) is 14.3. The third-order valence-corrected chi connectivity index (χ3v) is 5.76. The zero-order valence-corrected chi connectivity index (χ0v) is 17.9. The molecule has 2 N–H and O–H groups in total. The Balaban J connectivity index is 1.31. The molecule has 4 rings (SSSR count). The van der Waals surface area contributed by atoms with E-state index in [4.69, 9.17) is 0 Å². The van der Waals surface area contributed by atoms with Crippen LogP contribution < -0.4 is 15.5 Å². The van der Waals surface area contributed by atoms with Gasteiger partial charge in [-0.1, -0.05) is 12.1 Å². The summed E-state index contributed by atoms with van der Waals surface area (Å²) in [6.45, 7) is 2.50. The van der Waals surface area contributed by atoms with Crippen LogP contribution in [0, 0.1) is 6.92 Å². The predicted molar refractivity (Wildman–Crippen MR) is 121 cm³/mol. The minimum Gasteiger partial charge on any atom is -0.343 e. The summed E-state index contributed by atoms with van der Waals surface area (Å²) in [7, 11) is 0. The van der Waals surface area contributed by atoms with Crippen molar-refractivity contribution in [2.75, 3.05) is 23.3 Å². The van der Waals surface area contributed by atoms with E-state index in [-0.39, 0.29) is 24.3 Å². The van der Waals surface area contributed by atoms with Crippen LogP contribution in [-0.2, 0) is 9.59 Å². The van der Waals surface area contributed by atoms with Crippen molar-refractivity contribution in [3.8, 4) is 11.3 Å². The smallest absolute Gasteiger partial charge is 0.251 e. The van der Waals surface area contributed by atoms with Gasteiger partial charge in [-0.3, -0.25) is 14.4 Å². The molecule has 0 radical (unpaired) electrons. The molecule has 3 aromatic rings. The Hall–Kier alpha value is -3.52. The Kier molecular flexibility index (Phi) is 6.08. The number of aryl methyl sites for hydroxylation is 1. The number of nitrogens with one attached hydrogen (secondary N) is 2. The summed E-state index contributed by atoms with van der Waals surface area (Å²) in [5, 5.41) is 8.37. The third-order valence-electron chi connectivity index (χ3n) is 4.99. The molecule has 0 unspecified atom stereocenters. The fourth-order valence-corrected chi connectivity index (χ4v) is 4.06. The number of thiazole rings is 1. The Morgan fingerprint density at radius 3 is 2.65 bits per heavy atom. The van der Waals surface area contributed by atoms with Crippen LogP contribution in [0.5, 0.6) is 0 Å². The summed E-state index contributed by atoms with van der Waals surface area (Å²) < 4.78 is 0. The highest BCUT2D eigenvalue weighted by Gasteiger charge is 2.21. The number of nitrogens with zero attached hydrogens (tertiary/aromatic N) is 2. The minimum absolute atomic E-state index is 0.0999. The first-order chi connectivity index (χ1) is 15.0. The molecule has 1 aliphatic rings. The lowest BCUT2D eigenvalue weighted by Crippen LogP contribution is -2.32. The van der Waals surface area contributed by atoms with Crippen LogP contribution in [0.4, 0.5) is 11.4 Å². The van der Waals surface area contributed by atoms with Crippen molar-refractivity contribution < 1.29 is 14.4 Å². The van der Waals surface area contributed by atoms with E-state index in [1.54, 1.807) is 46.6 Å². The predicted octanol–water partition coefficient (Wildman–Crippen LogP) is 3.61. The highest BCUT2D eigenvalue weighted by atomic mass is 32.1. The van der Waals surface area contributed by atoms with Gasteiger partial charge in [0.25, 0.3) is 5.91 Å². The Bertz CT molecular complexity index is 1120. The van der Waals surface area contributed by atoms with Crippen molar-refractivity contribution >= 4 is 40.4 Å². The van der Waals surface area contributed by atoms with E-state index < -0.39 is 0 Å². The maximum Gasteiger partial charge on any atom is 0.251 e. The molecule has 2 aromatic carbocycles. The van der Waals surface area contributed by atoms with E-state index in [0.29, 0.717) is 24.2 Å². The fourth-order valence-electron chi connectivity index (χ4n) is 3.43. The molecular weight excluding hydrogens is 412 g/mol. The lowest BCUT2D eigenvalue weighted by atomic mass is 10.1. The average molecular weight is 435 g/mol. The summed E-state index contributed by atoms with van der Waals surface area (Å²) in [5.74, 6) is -0.566. The quantitative estimate of drug-likeness (QED) is 0.620. The van der Waals surface area contributed by atoms with Crippen LogP contribution in [-0.4, -0.2) is 35.8 Å². The van der Waals surface area contributed by atoms with E-state index >= 15 is 0 Å². The third kappa shape index (κ3) is 4.97. The number of hydrogen-bond donors (Lipinski definition) is 2. The van der Waals surface area contributed by atoms with Crippen LogP contribution in [0.2, 0.25) is 0 Å². The molecule has 0 spiro atoms. The molecule has 3 amide bonds. The number of amides is 3. The Labute approximate surface area is 184 Å². The minimum atomic E-state index is -0.346. The van der Waals surface area contributed by atoms with Gasteiger partial charge in [0.15, 0.2) is 0 Å². The topological polar surface area (TPSA) is 91.4 Å². The molecule has 31 heavy (non-hydrogen) atoms. The van der Waals surface area contributed by atoms with Crippen LogP contribution in [0.1, 0.15) is 28.2 Å². The lowest BCUT2D eigenvalue weighted by Gasteiger charge is -2.15. The van der Waals surface area contributed by atoms with Crippen molar-refractivity contribution in [2.24, 2.45) is 0 Å². The second kappa shape index (κ2) is 9.09. The molecule has 2 heterocycles. The molecule has 1 fully saturated rings. The Morgan fingerprint density at radius 2 is 1.97 bits per heavy atom. The van der Waals surface area contributed by atoms with Gasteiger partial charge in [0.1, 0.15) is 0 Å². The van der Waals surface area contributed by atoms with Crippen LogP contribution >= 0.6 is 11.3 Å². The lowest BCUT2D eigenvalue weighted by molar-refractivity contribution is -0.117. The van der Waals surface area contributed by atoms with E-state index in [2.05, 4.69) is 15.6 Å². The highest BCUT2D eigenvalue weighted by molar-refractivity contribution is 7.09. The molecule has 0 aliphatic carbocycles. The van der Waals surface area contributed by atoms with Gasteiger partial charge in [0, 0.05) is 40.8 Å². The second-order valence-electron chi connectivity index (χ2n) is 7.26. The zero-order valence-electron chi connectivity index (χ0n) is 17.1. The van der Waals surface area contributed by atoms with Crippen molar-refractivity contribution in [1.82, 2.24) is 10.3 Å². The van der Waals surface area contributed by atoms with E-state index in [0.717, 1.165) is 28.4 Å². The summed E-state index contributed by atoms with van der Waals surface area (Å²) >= 11 is 1.57. The first-order valence-electron chi connectivity index (χ1n) is 10.0. The van der Waals surface area contributed by atoms with Gasteiger partial charge in [0.2, 0.25) is 11.8 Å². The van der Waals surface area contributed by atoms with Crippen molar-refractivity contribution in [3.05, 3.63) is 64.5 Å².